The Balaban J connectivity index is 1.50. The fraction of sp³-hybridized carbons (Fsp3) is 0.261. The second-order valence-electron chi connectivity index (χ2n) is 7.33. The monoisotopic (exact) mass is 354 g/mol. The molecule has 0 saturated carbocycles. The lowest BCUT2D eigenvalue weighted by atomic mass is 10.0. The minimum Gasteiger partial charge on any atom is -0.331 e. The summed E-state index contributed by atoms with van der Waals surface area (Å²) in [7, 11) is 2.12. The van der Waals surface area contributed by atoms with Gasteiger partial charge in [-0.1, -0.05) is 18.2 Å². The predicted molar refractivity (Wildman–Crippen MR) is 110 cm³/mol. The van der Waals surface area contributed by atoms with Gasteiger partial charge >= 0.3 is 0 Å². The third kappa shape index (κ3) is 2.72. The lowest BCUT2D eigenvalue weighted by Gasteiger charge is -2.11. The molecule has 27 heavy (non-hydrogen) atoms. The molecule has 1 aliphatic rings. The highest BCUT2D eigenvalue weighted by Crippen LogP contribution is 2.28. The summed E-state index contributed by atoms with van der Waals surface area (Å²) < 4.78 is 2.23. The summed E-state index contributed by atoms with van der Waals surface area (Å²) in [5.41, 5.74) is 8.13. The van der Waals surface area contributed by atoms with E-state index in [1.807, 2.05) is 12.3 Å². The quantitative estimate of drug-likeness (QED) is 0.541. The van der Waals surface area contributed by atoms with Gasteiger partial charge in [-0.25, -0.2) is 4.98 Å². The highest BCUT2D eigenvalue weighted by Gasteiger charge is 2.14. The van der Waals surface area contributed by atoms with Crippen LogP contribution in [0.25, 0.3) is 28.0 Å². The van der Waals surface area contributed by atoms with E-state index in [9.17, 15) is 0 Å². The Bertz CT molecular complexity index is 1200. The van der Waals surface area contributed by atoms with Crippen molar-refractivity contribution in [3.8, 4) is 0 Å². The Hall–Kier alpha value is -3.01. The van der Waals surface area contributed by atoms with Gasteiger partial charge in [0.1, 0.15) is 5.82 Å². The van der Waals surface area contributed by atoms with E-state index in [1.54, 1.807) is 0 Å². The lowest BCUT2D eigenvalue weighted by Crippen LogP contribution is -2.05. The van der Waals surface area contributed by atoms with E-state index in [0.29, 0.717) is 0 Å². The lowest BCUT2D eigenvalue weighted by molar-refractivity contribution is 0.768. The number of aryl methyl sites for hydroxylation is 5. The molecule has 0 aliphatic heterocycles. The average molecular weight is 354 g/mol. The number of imidazole rings is 1. The molecular formula is C23H22N4. The van der Waals surface area contributed by atoms with Gasteiger partial charge in [0.2, 0.25) is 0 Å². The number of hydrogen-bond donors (Lipinski definition) is 0. The maximum absolute atomic E-state index is 4.99. The molecular weight excluding hydrogens is 332 g/mol. The summed E-state index contributed by atoms with van der Waals surface area (Å²) in [4.78, 5) is 14.4. The zero-order valence-corrected chi connectivity index (χ0v) is 15.7. The van der Waals surface area contributed by atoms with Crippen molar-refractivity contribution in [1.82, 2.24) is 19.5 Å². The summed E-state index contributed by atoms with van der Waals surface area (Å²) in [6.07, 6.45) is 10.2. The average Bonchev–Trinajstić information content (AvgIpc) is 3.03. The minimum atomic E-state index is 0.883. The summed E-state index contributed by atoms with van der Waals surface area (Å²) >= 11 is 0. The maximum atomic E-state index is 4.99. The molecule has 3 heterocycles. The van der Waals surface area contributed by atoms with Crippen LogP contribution in [0.3, 0.4) is 0 Å². The molecule has 134 valence electrons. The van der Waals surface area contributed by atoms with Crippen molar-refractivity contribution >= 4 is 28.0 Å². The number of benzene rings is 1. The molecule has 0 radical (unpaired) electrons. The van der Waals surface area contributed by atoms with Crippen LogP contribution in [0, 0.1) is 6.92 Å². The Labute approximate surface area is 158 Å². The van der Waals surface area contributed by atoms with Gasteiger partial charge < -0.3 is 4.57 Å². The van der Waals surface area contributed by atoms with Crippen molar-refractivity contribution in [2.45, 2.75) is 32.6 Å². The number of nitrogens with zero attached hydrogens (tertiary/aromatic N) is 4. The summed E-state index contributed by atoms with van der Waals surface area (Å²) in [6, 6.07) is 10.6. The van der Waals surface area contributed by atoms with Crippen LogP contribution >= 0.6 is 0 Å². The summed E-state index contributed by atoms with van der Waals surface area (Å²) in [6.45, 7) is 2.14. The van der Waals surface area contributed by atoms with E-state index < -0.39 is 0 Å². The highest BCUT2D eigenvalue weighted by molar-refractivity contribution is 6.04. The molecule has 0 saturated heterocycles. The van der Waals surface area contributed by atoms with Gasteiger partial charge in [0.25, 0.3) is 0 Å². The number of allylic oxidation sites excluding steroid dienone is 1. The van der Waals surface area contributed by atoms with Crippen molar-refractivity contribution in [3.63, 3.8) is 0 Å². The molecule has 4 aromatic rings. The first-order valence-corrected chi connectivity index (χ1v) is 9.55. The molecule has 4 heteroatoms. The van der Waals surface area contributed by atoms with Crippen LogP contribution in [0.15, 0.2) is 42.6 Å². The molecule has 0 bridgehead atoms. The third-order valence-corrected chi connectivity index (χ3v) is 5.53. The van der Waals surface area contributed by atoms with Crippen LogP contribution in [-0.4, -0.2) is 19.5 Å². The first-order valence-electron chi connectivity index (χ1n) is 9.55. The van der Waals surface area contributed by atoms with Gasteiger partial charge in [-0.3, -0.25) is 9.97 Å². The van der Waals surface area contributed by atoms with E-state index in [2.05, 4.69) is 59.9 Å². The highest BCUT2D eigenvalue weighted by atomic mass is 15.1. The van der Waals surface area contributed by atoms with Crippen molar-refractivity contribution in [1.29, 1.82) is 0 Å². The van der Waals surface area contributed by atoms with E-state index in [0.717, 1.165) is 53.6 Å². The number of pyridine rings is 2. The molecule has 0 spiro atoms. The predicted octanol–water partition coefficient (Wildman–Crippen LogP) is 4.57. The van der Waals surface area contributed by atoms with E-state index in [1.165, 1.54) is 22.3 Å². The molecule has 0 fully saturated rings. The normalized spacial score (nSPS) is 13.4. The van der Waals surface area contributed by atoms with Crippen LogP contribution in [-0.2, 0) is 26.3 Å². The van der Waals surface area contributed by atoms with Gasteiger partial charge in [0.05, 0.1) is 16.6 Å². The number of aromatic nitrogens is 4. The fourth-order valence-corrected chi connectivity index (χ4v) is 4.13. The molecule has 3 aromatic heterocycles. The van der Waals surface area contributed by atoms with Gasteiger partial charge in [0, 0.05) is 36.4 Å². The first kappa shape index (κ1) is 16.2. The number of fused-ring (bicyclic) bond motifs is 4. The smallest absolute Gasteiger partial charge is 0.110 e. The number of rotatable bonds is 3. The Kier molecular flexibility index (Phi) is 3.78. The molecule has 0 N–H and O–H groups in total. The van der Waals surface area contributed by atoms with E-state index >= 15 is 0 Å². The van der Waals surface area contributed by atoms with E-state index in [-0.39, 0.29) is 0 Å². The second kappa shape index (κ2) is 6.31. The summed E-state index contributed by atoms with van der Waals surface area (Å²) in [5, 5.41) is 1.12. The third-order valence-electron chi connectivity index (χ3n) is 5.53. The summed E-state index contributed by atoms with van der Waals surface area (Å²) in [5.74, 6) is 1.10. The molecule has 1 aromatic carbocycles. The van der Waals surface area contributed by atoms with Gasteiger partial charge in [-0.2, -0.15) is 0 Å². The number of hydrogen-bond acceptors (Lipinski definition) is 3. The molecule has 5 rings (SSSR count). The Morgan fingerprint density at radius 3 is 2.96 bits per heavy atom. The Morgan fingerprint density at radius 2 is 2.04 bits per heavy atom. The zero-order chi connectivity index (χ0) is 18.4. The zero-order valence-electron chi connectivity index (χ0n) is 15.7. The van der Waals surface area contributed by atoms with Gasteiger partial charge in [0.15, 0.2) is 0 Å². The fourth-order valence-electron chi connectivity index (χ4n) is 4.13. The first-order chi connectivity index (χ1) is 13.2. The molecule has 0 atom stereocenters. The van der Waals surface area contributed by atoms with Crippen LogP contribution in [0.2, 0.25) is 0 Å². The molecule has 0 amide bonds. The van der Waals surface area contributed by atoms with Crippen LogP contribution < -0.4 is 0 Å². The molecule has 0 unspecified atom stereocenters. The van der Waals surface area contributed by atoms with Crippen LogP contribution in [0.1, 0.15) is 34.8 Å². The topological polar surface area (TPSA) is 43.6 Å². The van der Waals surface area contributed by atoms with Crippen molar-refractivity contribution in [2.24, 2.45) is 7.05 Å². The van der Waals surface area contributed by atoms with Gasteiger partial charge in [-0.05, 0) is 61.6 Å². The van der Waals surface area contributed by atoms with Crippen molar-refractivity contribution in [2.75, 3.05) is 0 Å². The van der Waals surface area contributed by atoms with Gasteiger partial charge in [-0.15, -0.1) is 0 Å². The Morgan fingerprint density at radius 1 is 1.11 bits per heavy atom. The van der Waals surface area contributed by atoms with Crippen molar-refractivity contribution < 1.29 is 0 Å². The standard InChI is InChI=1S/C23H22N4/c1-15-14-20-18(7-5-13-24-20)22-23(15)27(2)21(26-22)12-11-17-10-9-16-6-3-4-8-19(16)25-17/h3,5-7,9-10,13-14H,4,8,11-12H2,1-2H3. The molecule has 4 nitrogen and oxygen atoms in total. The SMILES string of the molecule is Cc1cc2ncccc2c2nc(CCc3ccc4c(n3)CCC=C4)n(C)c12. The molecule has 1 aliphatic carbocycles. The van der Waals surface area contributed by atoms with Crippen LogP contribution in [0.5, 0.6) is 0 Å². The largest absolute Gasteiger partial charge is 0.331 e. The van der Waals surface area contributed by atoms with E-state index in [4.69, 9.17) is 9.97 Å². The van der Waals surface area contributed by atoms with Crippen molar-refractivity contribution in [3.05, 3.63) is 70.9 Å². The second-order valence-corrected chi connectivity index (χ2v) is 7.33. The van der Waals surface area contributed by atoms with Crippen LogP contribution in [0.4, 0.5) is 0 Å². The minimum absolute atomic E-state index is 0.883. The maximum Gasteiger partial charge on any atom is 0.110 e.